The molecule has 4 fully saturated rings. The molecule has 0 aromatic rings. The topological polar surface area (TPSA) is 18.5 Å². The SMILES string of the molecule is CC.CC(C)C12CC(C)(C1)OC21COC1. The maximum Gasteiger partial charge on any atom is 0.121 e. The summed E-state index contributed by atoms with van der Waals surface area (Å²) in [6.07, 6.45) is 2.50. The summed E-state index contributed by atoms with van der Waals surface area (Å²) in [5.74, 6) is 0.729. The van der Waals surface area contributed by atoms with Crippen molar-refractivity contribution in [3.8, 4) is 0 Å². The third-order valence-corrected chi connectivity index (χ3v) is 4.50. The van der Waals surface area contributed by atoms with E-state index in [0.29, 0.717) is 5.41 Å². The van der Waals surface area contributed by atoms with Gasteiger partial charge in [0.2, 0.25) is 0 Å². The average molecular weight is 212 g/mol. The highest BCUT2D eigenvalue weighted by Gasteiger charge is 2.76. The number of hydrogen-bond acceptors (Lipinski definition) is 2. The highest BCUT2D eigenvalue weighted by Crippen LogP contribution is 2.71. The van der Waals surface area contributed by atoms with Gasteiger partial charge in [0, 0.05) is 5.41 Å². The van der Waals surface area contributed by atoms with Gasteiger partial charge in [0.25, 0.3) is 0 Å². The summed E-state index contributed by atoms with van der Waals surface area (Å²) in [6, 6.07) is 0. The molecule has 2 nitrogen and oxygen atoms in total. The molecule has 0 radical (unpaired) electrons. The van der Waals surface area contributed by atoms with E-state index in [1.54, 1.807) is 0 Å². The summed E-state index contributed by atoms with van der Waals surface area (Å²) in [5.41, 5.74) is 0.740. The van der Waals surface area contributed by atoms with E-state index in [0.717, 1.165) is 19.1 Å². The quantitative estimate of drug-likeness (QED) is 0.665. The zero-order valence-corrected chi connectivity index (χ0v) is 10.7. The molecule has 4 rings (SSSR count). The number of ether oxygens (including phenoxy) is 2. The van der Waals surface area contributed by atoms with E-state index in [-0.39, 0.29) is 11.2 Å². The summed E-state index contributed by atoms with van der Waals surface area (Å²) >= 11 is 0. The molecular formula is C13H24O2. The second kappa shape index (κ2) is 3.21. The molecule has 0 aromatic carbocycles. The van der Waals surface area contributed by atoms with Crippen molar-refractivity contribution in [2.24, 2.45) is 11.3 Å². The van der Waals surface area contributed by atoms with Crippen molar-refractivity contribution in [2.45, 2.75) is 58.7 Å². The van der Waals surface area contributed by atoms with Gasteiger partial charge in [-0.1, -0.05) is 27.7 Å². The Labute approximate surface area is 93.3 Å². The van der Waals surface area contributed by atoms with Crippen LogP contribution in [0.3, 0.4) is 0 Å². The number of rotatable bonds is 1. The normalized spacial score (nSPS) is 44.4. The zero-order valence-electron chi connectivity index (χ0n) is 10.7. The van der Waals surface area contributed by atoms with E-state index < -0.39 is 0 Å². The second-order valence-corrected chi connectivity index (χ2v) is 5.70. The fourth-order valence-corrected chi connectivity index (χ4v) is 3.82. The molecule has 1 saturated carbocycles. The summed E-state index contributed by atoms with van der Waals surface area (Å²) in [7, 11) is 0. The average Bonchev–Trinajstić information content (AvgIpc) is 2.52. The van der Waals surface area contributed by atoms with Crippen LogP contribution in [0, 0.1) is 11.3 Å². The van der Waals surface area contributed by atoms with Crippen molar-refractivity contribution in [3.05, 3.63) is 0 Å². The van der Waals surface area contributed by atoms with Crippen molar-refractivity contribution in [3.63, 3.8) is 0 Å². The van der Waals surface area contributed by atoms with Crippen LogP contribution in [0.4, 0.5) is 0 Å². The molecule has 2 bridgehead atoms. The Morgan fingerprint density at radius 3 is 1.87 bits per heavy atom. The van der Waals surface area contributed by atoms with Crippen LogP contribution in [-0.4, -0.2) is 24.4 Å². The first-order chi connectivity index (χ1) is 7.02. The molecule has 0 N–H and O–H groups in total. The Morgan fingerprint density at radius 1 is 1.07 bits per heavy atom. The van der Waals surface area contributed by atoms with Crippen LogP contribution in [0.2, 0.25) is 0 Å². The Morgan fingerprint density at radius 2 is 1.60 bits per heavy atom. The van der Waals surface area contributed by atoms with Crippen LogP contribution in [0.5, 0.6) is 0 Å². The van der Waals surface area contributed by atoms with Crippen molar-refractivity contribution < 1.29 is 9.47 Å². The van der Waals surface area contributed by atoms with Gasteiger partial charge in [-0.2, -0.15) is 0 Å². The molecule has 0 unspecified atom stereocenters. The van der Waals surface area contributed by atoms with Gasteiger partial charge in [-0.25, -0.2) is 0 Å². The van der Waals surface area contributed by atoms with Gasteiger partial charge in [0.15, 0.2) is 0 Å². The monoisotopic (exact) mass is 212 g/mol. The van der Waals surface area contributed by atoms with Gasteiger partial charge >= 0.3 is 0 Å². The Balaban J connectivity index is 0.000000404. The van der Waals surface area contributed by atoms with Crippen molar-refractivity contribution in [1.82, 2.24) is 0 Å². The maximum absolute atomic E-state index is 6.19. The first-order valence-electron chi connectivity index (χ1n) is 6.30. The van der Waals surface area contributed by atoms with Gasteiger partial charge in [-0.05, 0) is 25.7 Å². The highest BCUT2D eigenvalue weighted by molar-refractivity contribution is 5.23. The van der Waals surface area contributed by atoms with Gasteiger partial charge in [-0.15, -0.1) is 0 Å². The van der Waals surface area contributed by atoms with E-state index in [9.17, 15) is 0 Å². The molecule has 0 atom stereocenters. The molecule has 15 heavy (non-hydrogen) atoms. The lowest BCUT2D eigenvalue weighted by Crippen LogP contribution is -2.61. The fraction of sp³-hybridized carbons (Fsp3) is 1.00. The molecule has 88 valence electrons. The first-order valence-corrected chi connectivity index (χ1v) is 6.30. The minimum absolute atomic E-state index is 0.107. The Kier molecular flexibility index (Phi) is 2.44. The molecule has 0 amide bonds. The smallest absolute Gasteiger partial charge is 0.121 e. The van der Waals surface area contributed by atoms with Gasteiger partial charge in [-0.3, -0.25) is 0 Å². The maximum atomic E-state index is 6.19. The predicted molar refractivity (Wildman–Crippen MR) is 60.9 cm³/mol. The Hall–Kier alpha value is -0.0800. The summed E-state index contributed by atoms with van der Waals surface area (Å²) < 4.78 is 11.5. The molecule has 2 heteroatoms. The first kappa shape index (κ1) is 11.4. The van der Waals surface area contributed by atoms with Crippen LogP contribution in [0.25, 0.3) is 0 Å². The largest absolute Gasteiger partial charge is 0.375 e. The van der Waals surface area contributed by atoms with Crippen LogP contribution in [0.1, 0.15) is 47.5 Å². The van der Waals surface area contributed by atoms with E-state index in [2.05, 4.69) is 20.8 Å². The number of hydrogen-bond donors (Lipinski definition) is 0. The molecule has 3 aliphatic heterocycles. The van der Waals surface area contributed by atoms with E-state index in [4.69, 9.17) is 9.47 Å². The van der Waals surface area contributed by atoms with E-state index in [1.807, 2.05) is 13.8 Å². The Bertz CT molecular complexity index is 247. The van der Waals surface area contributed by atoms with Gasteiger partial charge in [0.1, 0.15) is 5.60 Å². The summed E-state index contributed by atoms with van der Waals surface area (Å²) in [5, 5.41) is 0. The lowest BCUT2D eigenvalue weighted by Gasteiger charge is -2.53. The van der Waals surface area contributed by atoms with Gasteiger partial charge in [0.05, 0.1) is 18.8 Å². The van der Waals surface area contributed by atoms with Crippen LogP contribution < -0.4 is 0 Å². The third-order valence-electron chi connectivity index (χ3n) is 4.50. The fourth-order valence-electron chi connectivity index (χ4n) is 3.82. The highest BCUT2D eigenvalue weighted by atomic mass is 16.6. The predicted octanol–water partition coefficient (Wildman–Crippen LogP) is 3.01. The lowest BCUT2D eigenvalue weighted by atomic mass is 9.51. The van der Waals surface area contributed by atoms with Crippen molar-refractivity contribution in [1.29, 1.82) is 0 Å². The second-order valence-electron chi connectivity index (χ2n) is 5.70. The lowest BCUT2D eigenvalue weighted by molar-refractivity contribution is -0.219. The van der Waals surface area contributed by atoms with Crippen LogP contribution in [-0.2, 0) is 9.47 Å². The zero-order chi connectivity index (χ0) is 11.3. The molecule has 1 spiro atoms. The van der Waals surface area contributed by atoms with Gasteiger partial charge < -0.3 is 9.47 Å². The molecular weight excluding hydrogens is 188 g/mol. The van der Waals surface area contributed by atoms with Crippen molar-refractivity contribution in [2.75, 3.05) is 13.2 Å². The van der Waals surface area contributed by atoms with Crippen LogP contribution in [0.15, 0.2) is 0 Å². The standard InChI is InChI=1S/C11H18O2.C2H6/c1-8(2)10-4-9(3,5-10)13-11(10)6-12-7-11;1-2/h8H,4-7H2,1-3H3;1-2H3. The molecule has 4 aliphatic rings. The molecule has 0 aromatic heterocycles. The third kappa shape index (κ3) is 1.18. The van der Waals surface area contributed by atoms with E-state index in [1.165, 1.54) is 12.8 Å². The minimum atomic E-state index is 0.107. The summed E-state index contributed by atoms with van der Waals surface area (Å²) in [6.45, 7) is 12.6. The van der Waals surface area contributed by atoms with E-state index >= 15 is 0 Å². The minimum Gasteiger partial charge on any atom is -0.375 e. The van der Waals surface area contributed by atoms with Crippen LogP contribution >= 0.6 is 0 Å². The molecule has 3 saturated heterocycles. The summed E-state index contributed by atoms with van der Waals surface area (Å²) in [4.78, 5) is 0. The molecule has 3 heterocycles. The van der Waals surface area contributed by atoms with Crippen molar-refractivity contribution >= 4 is 0 Å². The molecule has 1 aliphatic carbocycles.